The van der Waals surface area contributed by atoms with Gasteiger partial charge in [0.05, 0.1) is 13.1 Å². The second-order valence-corrected chi connectivity index (χ2v) is 8.10. The van der Waals surface area contributed by atoms with Crippen molar-refractivity contribution in [1.29, 1.82) is 0 Å². The Morgan fingerprint density at radius 1 is 0.935 bits per heavy atom. The lowest BCUT2D eigenvalue weighted by molar-refractivity contribution is -0.915. The summed E-state index contributed by atoms with van der Waals surface area (Å²) in [6.07, 6.45) is 2.30. The number of carboxylic acids is 1. The molecule has 2 heterocycles. The fourth-order valence-corrected chi connectivity index (χ4v) is 4.47. The monoisotopic (exact) mass is 413 g/mol. The van der Waals surface area contributed by atoms with E-state index in [4.69, 9.17) is 9.90 Å². The van der Waals surface area contributed by atoms with E-state index in [9.17, 15) is 0 Å². The standard InChI is InChI=1S/C25H24N2.C2H4O2/c1-2-9-20(10-3-1)25-23(22-12-6-7-13-24(22)26-25)15-17-27-16-14-19-8-4-5-11-21(19)18-27;1-2(3)4/h1-13,26H,14-18H2;1H3,(H,3,4)/p+1. The molecule has 0 saturated heterocycles. The largest absolute Gasteiger partial charge is 0.481 e. The van der Waals surface area contributed by atoms with Crippen molar-refractivity contribution in [1.82, 2.24) is 4.98 Å². The maximum absolute atomic E-state index is 9.00. The van der Waals surface area contributed by atoms with Crippen LogP contribution in [0, 0.1) is 0 Å². The maximum Gasteiger partial charge on any atom is 0.300 e. The predicted octanol–water partition coefficient (Wildman–Crippen LogP) is 4.11. The van der Waals surface area contributed by atoms with E-state index in [1.54, 1.807) is 10.5 Å². The molecule has 0 saturated carbocycles. The Kier molecular flexibility index (Phi) is 6.48. The molecule has 4 nitrogen and oxygen atoms in total. The smallest absolute Gasteiger partial charge is 0.300 e. The van der Waals surface area contributed by atoms with Gasteiger partial charge in [-0.05, 0) is 22.8 Å². The van der Waals surface area contributed by atoms with Crippen LogP contribution in [0.5, 0.6) is 0 Å². The number of para-hydroxylation sites is 1. The minimum Gasteiger partial charge on any atom is -0.481 e. The lowest BCUT2D eigenvalue weighted by atomic mass is 9.98. The van der Waals surface area contributed by atoms with Gasteiger partial charge in [-0.3, -0.25) is 4.79 Å². The van der Waals surface area contributed by atoms with E-state index in [2.05, 4.69) is 83.8 Å². The third-order valence-electron chi connectivity index (χ3n) is 5.91. The van der Waals surface area contributed by atoms with Crippen LogP contribution in [0.2, 0.25) is 0 Å². The molecular weight excluding hydrogens is 384 g/mol. The first-order chi connectivity index (χ1) is 15.1. The first kappa shape index (κ1) is 20.9. The van der Waals surface area contributed by atoms with Crippen molar-refractivity contribution in [2.75, 3.05) is 13.1 Å². The number of aromatic amines is 1. The SMILES string of the molecule is CC(=O)O.c1ccc(-c2[nH]c3ccccc3c2CC[NH+]2CCc3ccccc3C2)cc1. The number of fused-ring (bicyclic) bond motifs is 2. The summed E-state index contributed by atoms with van der Waals surface area (Å²) in [6, 6.07) is 28.4. The zero-order chi connectivity index (χ0) is 21.6. The quantitative estimate of drug-likeness (QED) is 0.472. The number of nitrogens with one attached hydrogen (secondary N) is 2. The molecule has 4 aromatic rings. The topological polar surface area (TPSA) is 57.5 Å². The number of hydrogen-bond donors (Lipinski definition) is 3. The molecule has 3 aromatic carbocycles. The molecule has 1 unspecified atom stereocenters. The summed E-state index contributed by atoms with van der Waals surface area (Å²) in [7, 11) is 0. The molecule has 0 spiro atoms. The van der Waals surface area contributed by atoms with Gasteiger partial charge in [-0.25, -0.2) is 0 Å². The van der Waals surface area contributed by atoms with E-state index < -0.39 is 5.97 Å². The summed E-state index contributed by atoms with van der Waals surface area (Å²) >= 11 is 0. The minimum absolute atomic E-state index is 0.833. The van der Waals surface area contributed by atoms with E-state index >= 15 is 0 Å². The first-order valence-electron chi connectivity index (χ1n) is 10.9. The van der Waals surface area contributed by atoms with Crippen LogP contribution in [0.4, 0.5) is 0 Å². The molecule has 1 aliphatic heterocycles. The third-order valence-corrected chi connectivity index (χ3v) is 5.91. The number of aromatic nitrogens is 1. The van der Waals surface area contributed by atoms with Crippen LogP contribution in [0.1, 0.15) is 23.6 Å². The zero-order valence-electron chi connectivity index (χ0n) is 17.9. The van der Waals surface area contributed by atoms with Gasteiger partial charge in [-0.15, -0.1) is 0 Å². The minimum atomic E-state index is -0.833. The van der Waals surface area contributed by atoms with Gasteiger partial charge in [-0.2, -0.15) is 0 Å². The molecule has 0 radical (unpaired) electrons. The summed E-state index contributed by atoms with van der Waals surface area (Å²) < 4.78 is 0. The lowest BCUT2D eigenvalue weighted by Gasteiger charge is -2.26. The van der Waals surface area contributed by atoms with Gasteiger partial charge in [0.1, 0.15) is 6.54 Å². The molecule has 4 heteroatoms. The molecule has 158 valence electrons. The van der Waals surface area contributed by atoms with Crippen LogP contribution in [-0.2, 0) is 24.2 Å². The Labute approximate surface area is 183 Å². The van der Waals surface area contributed by atoms with Gasteiger partial charge >= 0.3 is 0 Å². The van der Waals surface area contributed by atoms with Gasteiger partial charge < -0.3 is 15.0 Å². The molecule has 0 fully saturated rings. The summed E-state index contributed by atoms with van der Waals surface area (Å²) in [5.74, 6) is -0.833. The van der Waals surface area contributed by atoms with E-state index in [1.807, 2.05) is 0 Å². The Balaban J connectivity index is 0.000000535. The predicted molar refractivity (Wildman–Crippen MR) is 125 cm³/mol. The fraction of sp³-hybridized carbons (Fsp3) is 0.222. The average molecular weight is 414 g/mol. The highest BCUT2D eigenvalue weighted by Gasteiger charge is 2.20. The Morgan fingerprint density at radius 2 is 1.58 bits per heavy atom. The molecule has 1 aromatic heterocycles. The number of rotatable bonds is 4. The highest BCUT2D eigenvalue weighted by Crippen LogP contribution is 2.30. The van der Waals surface area contributed by atoms with Crippen LogP contribution < -0.4 is 4.90 Å². The zero-order valence-corrected chi connectivity index (χ0v) is 17.9. The number of hydrogen-bond acceptors (Lipinski definition) is 1. The second kappa shape index (κ2) is 9.63. The number of benzene rings is 3. The van der Waals surface area contributed by atoms with E-state index in [1.165, 1.54) is 52.8 Å². The fourth-order valence-electron chi connectivity index (χ4n) is 4.47. The normalized spacial score (nSPS) is 15.1. The number of aliphatic carboxylic acids is 1. The van der Waals surface area contributed by atoms with Crippen molar-refractivity contribution in [2.45, 2.75) is 26.3 Å². The van der Waals surface area contributed by atoms with Crippen molar-refractivity contribution in [3.63, 3.8) is 0 Å². The average Bonchev–Trinajstić information content (AvgIpc) is 3.16. The van der Waals surface area contributed by atoms with Crippen molar-refractivity contribution in [2.24, 2.45) is 0 Å². The second-order valence-electron chi connectivity index (χ2n) is 8.10. The number of quaternary nitrogens is 1. The summed E-state index contributed by atoms with van der Waals surface area (Å²) in [5.41, 5.74) is 8.34. The first-order valence-corrected chi connectivity index (χ1v) is 10.9. The molecule has 0 amide bonds. The van der Waals surface area contributed by atoms with Gasteiger partial charge in [0, 0.05) is 41.9 Å². The van der Waals surface area contributed by atoms with Crippen molar-refractivity contribution in [3.05, 3.63) is 95.6 Å². The summed E-state index contributed by atoms with van der Waals surface area (Å²) in [6.45, 7) is 4.65. The van der Waals surface area contributed by atoms with E-state index in [0.717, 1.165) is 19.9 Å². The number of carboxylic acid groups (broad SMARTS) is 1. The van der Waals surface area contributed by atoms with Crippen molar-refractivity contribution in [3.8, 4) is 11.3 Å². The summed E-state index contributed by atoms with van der Waals surface area (Å²) in [4.78, 5) is 14.4. The summed E-state index contributed by atoms with van der Waals surface area (Å²) in [5, 5.41) is 8.79. The lowest BCUT2D eigenvalue weighted by Crippen LogP contribution is -3.12. The van der Waals surface area contributed by atoms with Crippen LogP contribution in [0.15, 0.2) is 78.9 Å². The van der Waals surface area contributed by atoms with Gasteiger partial charge in [0.25, 0.3) is 5.97 Å². The molecular formula is C27H29N2O2+. The highest BCUT2D eigenvalue weighted by molar-refractivity contribution is 5.90. The number of carbonyl (C=O) groups is 1. The van der Waals surface area contributed by atoms with Gasteiger partial charge in [0.2, 0.25) is 0 Å². The Bertz CT molecular complexity index is 1160. The molecule has 1 aliphatic rings. The maximum atomic E-state index is 9.00. The Hall–Kier alpha value is -3.37. The van der Waals surface area contributed by atoms with Crippen LogP contribution in [0.25, 0.3) is 22.2 Å². The van der Waals surface area contributed by atoms with Crippen LogP contribution in [0.3, 0.4) is 0 Å². The highest BCUT2D eigenvalue weighted by atomic mass is 16.4. The molecule has 3 N–H and O–H groups in total. The van der Waals surface area contributed by atoms with E-state index in [0.29, 0.717) is 0 Å². The molecule has 1 atom stereocenters. The van der Waals surface area contributed by atoms with E-state index in [-0.39, 0.29) is 0 Å². The third kappa shape index (κ3) is 5.04. The molecule has 31 heavy (non-hydrogen) atoms. The number of H-pyrrole nitrogens is 1. The van der Waals surface area contributed by atoms with Crippen LogP contribution in [-0.4, -0.2) is 29.1 Å². The van der Waals surface area contributed by atoms with Crippen LogP contribution >= 0.6 is 0 Å². The molecule has 5 rings (SSSR count). The van der Waals surface area contributed by atoms with Crippen molar-refractivity contribution >= 4 is 16.9 Å². The van der Waals surface area contributed by atoms with Gasteiger partial charge in [-0.1, -0.05) is 72.8 Å². The molecule has 0 bridgehead atoms. The van der Waals surface area contributed by atoms with Gasteiger partial charge in [0.15, 0.2) is 0 Å². The Morgan fingerprint density at radius 3 is 2.35 bits per heavy atom. The molecule has 0 aliphatic carbocycles. The van der Waals surface area contributed by atoms with Crippen molar-refractivity contribution < 1.29 is 14.8 Å².